The molecule has 0 aliphatic heterocycles. The highest BCUT2D eigenvalue weighted by molar-refractivity contribution is 6.27. The van der Waals surface area contributed by atoms with Crippen LogP contribution in [0.25, 0.3) is 76.5 Å². The van der Waals surface area contributed by atoms with Crippen molar-refractivity contribution in [3.63, 3.8) is 0 Å². The minimum absolute atomic E-state index is 0.808. The van der Waals surface area contributed by atoms with Crippen molar-refractivity contribution in [2.24, 2.45) is 0 Å². The molecule has 0 amide bonds. The van der Waals surface area contributed by atoms with E-state index < -0.39 is 0 Å². The highest BCUT2D eigenvalue weighted by Gasteiger charge is 2.23. The summed E-state index contributed by atoms with van der Waals surface area (Å²) in [5.74, 6) is 0. The molecule has 2 heterocycles. The number of furan rings is 2. The molecule has 0 spiro atoms. The van der Waals surface area contributed by atoms with Gasteiger partial charge in [0.25, 0.3) is 0 Å². The summed E-state index contributed by atoms with van der Waals surface area (Å²) >= 11 is 0. The lowest BCUT2D eigenvalue weighted by Crippen LogP contribution is -2.10. The van der Waals surface area contributed by atoms with Crippen LogP contribution in [-0.2, 0) is 0 Å². The SMILES string of the molecule is c1ccc(N(c2ccc(-c3ccc4ccccc4c3)cc2)c2cccc3oc4ccc5c6ccc7ccccc7c6oc5c4c23)cc1. The quantitative estimate of drug-likeness (QED) is 0.201. The zero-order chi connectivity index (χ0) is 30.9. The van der Waals surface area contributed by atoms with Crippen molar-refractivity contribution in [2.75, 3.05) is 4.90 Å². The minimum Gasteiger partial charge on any atom is -0.456 e. The normalized spacial score (nSPS) is 11.8. The number of anilines is 3. The Bertz CT molecular complexity index is 2790. The van der Waals surface area contributed by atoms with Gasteiger partial charge in [-0.3, -0.25) is 0 Å². The first-order chi connectivity index (χ1) is 23.3. The van der Waals surface area contributed by atoms with Crippen molar-refractivity contribution < 1.29 is 8.83 Å². The molecule has 0 atom stereocenters. The van der Waals surface area contributed by atoms with Crippen LogP contribution in [0, 0.1) is 0 Å². The van der Waals surface area contributed by atoms with E-state index in [9.17, 15) is 0 Å². The van der Waals surface area contributed by atoms with Crippen LogP contribution in [0.5, 0.6) is 0 Å². The van der Waals surface area contributed by atoms with E-state index in [1.165, 1.54) is 21.9 Å². The Balaban J connectivity index is 1.20. The molecule has 0 aliphatic rings. The van der Waals surface area contributed by atoms with Gasteiger partial charge in [0, 0.05) is 27.5 Å². The fourth-order valence-corrected chi connectivity index (χ4v) is 7.21. The molecule has 10 rings (SSSR count). The highest BCUT2D eigenvalue weighted by atomic mass is 16.3. The molecule has 0 unspecified atom stereocenters. The van der Waals surface area contributed by atoms with Crippen LogP contribution in [0.2, 0.25) is 0 Å². The largest absolute Gasteiger partial charge is 0.456 e. The van der Waals surface area contributed by atoms with Gasteiger partial charge in [-0.05, 0) is 87.9 Å². The van der Waals surface area contributed by atoms with Crippen molar-refractivity contribution in [1.82, 2.24) is 0 Å². The molecule has 0 bridgehead atoms. The number of rotatable bonds is 4. The summed E-state index contributed by atoms with van der Waals surface area (Å²) in [5.41, 5.74) is 8.91. The monoisotopic (exact) mass is 601 g/mol. The molecule has 47 heavy (non-hydrogen) atoms. The lowest BCUT2D eigenvalue weighted by molar-refractivity contribution is 0.664. The van der Waals surface area contributed by atoms with E-state index in [1.54, 1.807) is 0 Å². The van der Waals surface area contributed by atoms with Crippen LogP contribution in [0.15, 0.2) is 173 Å². The minimum atomic E-state index is 0.808. The Morgan fingerprint density at radius 3 is 1.89 bits per heavy atom. The van der Waals surface area contributed by atoms with Gasteiger partial charge in [0.05, 0.1) is 16.5 Å². The fourth-order valence-electron chi connectivity index (χ4n) is 7.21. The van der Waals surface area contributed by atoms with E-state index in [0.29, 0.717) is 0 Å². The third-order valence-electron chi connectivity index (χ3n) is 9.43. The summed E-state index contributed by atoms with van der Waals surface area (Å²) in [5, 5.41) is 8.97. The second-order valence-electron chi connectivity index (χ2n) is 12.1. The van der Waals surface area contributed by atoms with E-state index in [4.69, 9.17) is 8.83 Å². The molecule has 2 aromatic heterocycles. The van der Waals surface area contributed by atoms with E-state index in [2.05, 4.69) is 169 Å². The molecule has 0 saturated heterocycles. The molecule has 0 saturated carbocycles. The molecule has 3 nitrogen and oxygen atoms in total. The topological polar surface area (TPSA) is 29.5 Å². The summed E-state index contributed by atoms with van der Waals surface area (Å²) in [7, 11) is 0. The van der Waals surface area contributed by atoms with E-state index in [1.807, 2.05) is 0 Å². The molecule has 0 radical (unpaired) electrons. The first kappa shape index (κ1) is 26.0. The highest BCUT2D eigenvalue weighted by Crippen LogP contribution is 2.47. The van der Waals surface area contributed by atoms with Crippen LogP contribution in [-0.4, -0.2) is 0 Å². The summed E-state index contributed by atoms with van der Waals surface area (Å²) in [6.07, 6.45) is 0. The molecule has 10 aromatic rings. The van der Waals surface area contributed by atoms with Crippen LogP contribution < -0.4 is 4.90 Å². The maximum Gasteiger partial charge on any atom is 0.147 e. The second-order valence-corrected chi connectivity index (χ2v) is 12.1. The van der Waals surface area contributed by atoms with Crippen molar-refractivity contribution in [1.29, 1.82) is 0 Å². The van der Waals surface area contributed by atoms with Crippen LogP contribution in [0.3, 0.4) is 0 Å². The molecule has 220 valence electrons. The zero-order valence-electron chi connectivity index (χ0n) is 25.4. The summed E-state index contributed by atoms with van der Waals surface area (Å²) in [6, 6.07) is 57.8. The van der Waals surface area contributed by atoms with Crippen LogP contribution in [0.4, 0.5) is 17.1 Å². The number of hydrogen-bond acceptors (Lipinski definition) is 3. The average molecular weight is 602 g/mol. The Morgan fingerprint density at radius 2 is 1.02 bits per heavy atom. The molecular formula is C44H27NO2. The molecule has 0 N–H and O–H groups in total. The molecular weight excluding hydrogens is 574 g/mol. The van der Waals surface area contributed by atoms with Gasteiger partial charge < -0.3 is 13.7 Å². The third kappa shape index (κ3) is 4.00. The number of hydrogen-bond donors (Lipinski definition) is 0. The third-order valence-corrected chi connectivity index (χ3v) is 9.43. The Hall–Kier alpha value is -6.32. The van der Waals surface area contributed by atoms with Gasteiger partial charge in [-0.1, -0.05) is 103 Å². The van der Waals surface area contributed by atoms with E-state index in [-0.39, 0.29) is 0 Å². The zero-order valence-corrected chi connectivity index (χ0v) is 25.4. The summed E-state index contributed by atoms with van der Waals surface area (Å²) < 4.78 is 13.3. The average Bonchev–Trinajstić information content (AvgIpc) is 3.71. The van der Waals surface area contributed by atoms with Crippen molar-refractivity contribution in [3.05, 3.63) is 164 Å². The van der Waals surface area contributed by atoms with E-state index in [0.717, 1.165) is 71.7 Å². The first-order valence-electron chi connectivity index (χ1n) is 15.9. The standard InChI is InChI=1S/C44H27NO2/c1-2-12-33(13-3-1)45(34-22-19-29(20-23-34)32-18-17-28-9-4-5-11-31(28)27-32)38-15-8-16-39-41(38)42-40(46-39)26-25-37-36-24-21-30-10-6-7-14-35(30)43(36)47-44(37)42/h1-27H. The molecule has 3 heteroatoms. The fraction of sp³-hybridized carbons (Fsp3) is 0. The number of nitrogens with zero attached hydrogens (tertiary/aromatic N) is 1. The Morgan fingerprint density at radius 1 is 0.362 bits per heavy atom. The van der Waals surface area contributed by atoms with Gasteiger partial charge in [0.1, 0.15) is 22.3 Å². The number of para-hydroxylation sites is 1. The first-order valence-corrected chi connectivity index (χ1v) is 15.9. The van der Waals surface area contributed by atoms with Crippen molar-refractivity contribution in [2.45, 2.75) is 0 Å². The van der Waals surface area contributed by atoms with Crippen LogP contribution >= 0.6 is 0 Å². The maximum atomic E-state index is 6.81. The number of benzene rings is 8. The van der Waals surface area contributed by atoms with Gasteiger partial charge in [0.15, 0.2) is 0 Å². The Kier molecular flexibility index (Phi) is 5.57. The van der Waals surface area contributed by atoms with Crippen molar-refractivity contribution >= 4 is 82.5 Å². The summed E-state index contributed by atoms with van der Waals surface area (Å²) in [4.78, 5) is 2.32. The maximum absolute atomic E-state index is 6.81. The second kappa shape index (κ2) is 10.1. The summed E-state index contributed by atoms with van der Waals surface area (Å²) in [6.45, 7) is 0. The van der Waals surface area contributed by atoms with Gasteiger partial charge in [-0.15, -0.1) is 0 Å². The van der Waals surface area contributed by atoms with Crippen molar-refractivity contribution in [3.8, 4) is 11.1 Å². The lowest BCUT2D eigenvalue weighted by Gasteiger charge is -2.26. The van der Waals surface area contributed by atoms with Gasteiger partial charge in [-0.2, -0.15) is 0 Å². The molecule has 0 aliphatic carbocycles. The number of fused-ring (bicyclic) bond motifs is 10. The predicted molar refractivity (Wildman–Crippen MR) is 196 cm³/mol. The molecule has 8 aromatic carbocycles. The lowest BCUT2D eigenvalue weighted by atomic mass is 10.0. The Labute approximate surface area is 270 Å². The van der Waals surface area contributed by atoms with Gasteiger partial charge in [-0.25, -0.2) is 0 Å². The predicted octanol–water partition coefficient (Wildman–Crippen LogP) is 12.9. The van der Waals surface area contributed by atoms with E-state index >= 15 is 0 Å². The molecule has 0 fully saturated rings. The smallest absolute Gasteiger partial charge is 0.147 e. The van der Waals surface area contributed by atoms with Gasteiger partial charge in [0.2, 0.25) is 0 Å². The van der Waals surface area contributed by atoms with Gasteiger partial charge >= 0.3 is 0 Å². The van der Waals surface area contributed by atoms with Crippen LogP contribution in [0.1, 0.15) is 0 Å².